The first kappa shape index (κ1) is 14.9. The molecule has 2 atom stereocenters. The minimum atomic E-state index is -0.790. The van der Waals surface area contributed by atoms with Gasteiger partial charge in [0.1, 0.15) is 18.3 Å². The van der Waals surface area contributed by atoms with Gasteiger partial charge in [0, 0.05) is 50.7 Å². The molecule has 7 heteroatoms. The molecule has 0 unspecified atom stereocenters. The van der Waals surface area contributed by atoms with Gasteiger partial charge in [0.2, 0.25) is 0 Å². The molecule has 0 radical (unpaired) electrons. The molecular weight excluding hydrogens is 283 g/mol. The first-order valence-electron chi connectivity index (χ1n) is 7.53. The van der Waals surface area contributed by atoms with Crippen molar-refractivity contribution in [2.75, 3.05) is 31.6 Å². The van der Waals surface area contributed by atoms with E-state index in [0.29, 0.717) is 13.0 Å². The van der Waals surface area contributed by atoms with Gasteiger partial charge in [-0.2, -0.15) is 0 Å². The van der Waals surface area contributed by atoms with E-state index >= 15 is 0 Å². The van der Waals surface area contributed by atoms with E-state index in [1.54, 1.807) is 12.4 Å². The largest absolute Gasteiger partial charge is 0.349 e. The number of aromatic nitrogens is 4. The monoisotopic (exact) mass is 304 g/mol. The molecule has 3 rings (SSSR count). The molecule has 6 nitrogen and oxygen atoms in total. The molecule has 0 aliphatic carbocycles. The molecule has 0 aromatic carbocycles. The predicted octanol–water partition coefficient (Wildman–Crippen LogP) is 1.22. The summed E-state index contributed by atoms with van der Waals surface area (Å²) in [4.78, 5) is 16.5. The summed E-state index contributed by atoms with van der Waals surface area (Å²) in [6, 6.07) is 1.99. The molecule has 22 heavy (non-hydrogen) atoms. The molecule has 3 heterocycles. The van der Waals surface area contributed by atoms with Crippen LogP contribution < -0.4 is 4.90 Å². The molecule has 0 amide bonds. The van der Waals surface area contributed by atoms with E-state index in [-0.39, 0.29) is 6.04 Å². The summed E-state index contributed by atoms with van der Waals surface area (Å²) in [6.45, 7) is 3.02. The zero-order valence-corrected chi connectivity index (χ0v) is 12.7. The second kappa shape index (κ2) is 6.83. The number of likely N-dealkylation sites (N-methyl/N-ethyl adjacent to an activating group) is 1. The molecule has 0 saturated carbocycles. The molecule has 2 aromatic rings. The highest BCUT2D eigenvalue weighted by atomic mass is 19.1. The van der Waals surface area contributed by atoms with Crippen molar-refractivity contribution in [2.24, 2.45) is 0 Å². The van der Waals surface area contributed by atoms with Crippen LogP contribution in [-0.2, 0) is 6.54 Å². The van der Waals surface area contributed by atoms with Crippen LogP contribution in [0.2, 0.25) is 0 Å². The van der Waals surface area contributed by atoms with Gasteiger partial charge in [0.05, 0.1) is 12.9 Å². The maximum Gasteiger partial charge on any atom is 0.132 e. The lowest BCUT2D eigenvalue weighted by atomic mass is 10.2. The van der Waals surface area contributed by atoms with E-state index in [4.69, 9.17) is 0 Å². The Morgan fingerprint density at radius 3 is 3.00 bits per heavy atom. The van der Waals surface area contributed by atoms with Crippen LogP contribution >= 0.6 is 0 Å². The fourth-order valence-electron chi connectivity index (χ4n) is 2.92. The SMILES string of the molecule is CN(CCn1ccnc1)C[C@@H]1C[C@H](F)CN1c1ccncn1. The van der Waals surface area contributed by atoms with Gasteiger partial charge < -0.3 is 14.4 Å². The number of hydrogen-bond acceptors (Lipinski definition) is 5. The van der Waals surface area contributed by atoms with Crippen LogP contribution in [0.15, 0.2) is 37.3 Å². The van der Waals surface area contributed by atoms with E-state index in [2.05, 4.69) is 31.8 Å². The second-order valence-electron chi connectivity index (χ2n) is 5.77. The summed E-state index contributed by atoms with van der Waals surface area (Å²) in [5, 5.41) is 0. The van der Waals surface area contributed by atoms with Crippen molar-refractivity contribution in [3.63, 3.8) is 0 Å². The number of rotatable bonds is 6. The van der Waals surface area contributed by atoms with Crippen molar-refractivity contribution in [1.29, 1.82) is 0 Å². The zero-order chi connectivity index (χ0) is 15.4. The molecule has 118 valence electrons. The summed E-state index contributed by atoms with van der Waals surface area (Å²) in [7, 11) is 2.07. The fourth-order valence-corrected chi connectivity index (χ4v) is 2.92. The maximum atomic E-state index is 13.9. The predicted molar refractivity (Wildman–Crippen MR) is 82.4 cm³/mol. The van der Waals surface area contributed by atoms with Crippen molar-refractivity contribution < 1.29 is 4.39 Å². The van der Waals surface area contributed by atoms with Gasteiger partial charge in [-0.25, -0.2) is 19.3 Å². The molecule has 1 saturated heterocycles. The maximum absolute atomic E-state index is 13.9. The highest BCUT2D eigenvalue weighted by molar-refractivity contribution is 5.40. The van der Waals surface area contributed by atoms with Gasteiger partial charge in [-0.1, -0.05) is 0 Å². The Hall–Kier alpha value is -2.02. The summed E-state index contributed by atoms with van der Waals surface area (Å²) < 4.78 is 15.9. The van der Waals surface area contributed by atoms with E-state index < -0.39 is 6.17 Å². The smallest absolute Gasteiger partial charge is 0.132 e. The summed E-state index contributed by atoms with van der Waals surface area (Å²) in [5.41, 5.74) is 0. The van der Waals surface area contributed by atoms with Crippen LogP contribution in [0.5, 0.6) is 0 Å². The molecular formula is C15H21FN6. The number of alkyl halides is 1. The highest BCUT2D eigenvalue weighted by Gasteiger charge is 2.33. The summed E-state index contributed by atoms with van der Waals surface area (Å²) >= 11 is 0. The van der Waals surface area contributed by atoms with Crippen LogP contribution in [0.3, 0.4) is 0 Å². The molecule has 1 fully saturated rings. The number of hydrogen-bond donors (Lipinski definition) is 0. The van der Waals surface area contributed by atoms with E-state index in [1.807, 2.05) is 23.2 Å². The lowest BCUT2D eigenvalue weighted by Gasteiger charge is -2.29. The van der Waals surface area contributed by atoms with E-state index in [9.17, 15) is 4.39 Å². The van der Waals surface area contributed by atoms with E-state index in [1.165, 1.54) is 6.33 Å². The van der Waals surface area contributed by atoms with E-state index in [0.717, 1.165) is 25.5 Å². The minimum Gasteiger partial charge on any atom is -0.349 e. The van der Waals surface area contributed by atoms with Crippen LogP contribution in [0, 0.1) is 0 Å². The molecule has 0 spiro atoms. The topological polar surface area (TPSA) is 50.1 Å². The average molecular weight is 304 g/mol. The Kier molecular flexibility index (Phi) is 4.62. The average Bonchev–Trinajstić information content (AvgIpc) is 3.16. The Bertz CT molecular complexity index is 561. The third-order valence-electron chi connectivity index (χ3n) is 4.05. The van der Waals surface area contributed by atoms with Gasteiger partial charge in [-0.05, 0) is 13.1 Å². The standard InChI is InChI=1S/C15H21FN6/c1-20(6-7-21-5-4-18-12-21)10-14-8-13(16)9-22(14)15-2-3-17-11-19-15/h2-5,11-14H,6-10H2,1H3/t13-,14-/m0/s1. The Morgan fingerprint density at radius 1 is 1.36 bits per heavy atom. The van der Waals surface area contributed by atoms with Crippen LogP contribution in [-0.4, -0.2) is 63.3 Å². The first-order valence-corrected chi connectivity index (χ1v) is 7.53. The molecule has 1 aliphatic rings. The summed E-state index contributed by atoms with van der Waals surface area (Å²) in [5.74, 6) is 0.808. The third kappa shape index (κ3) is 3.59. The zero-order valence-electron chi connectivity index (χ0n) is 12.7. The van der Waals surface area contributed by atoms with Gasteiger partial charge in [-0.3, -0.25) is 0 Å². The lowest BCUT2D eigenvalue weighted by Crippen LogP contribution is -2.40. The second-order valence-corrected chi connectivity index (χ2v) is 5.77. The Balaban J connectivity index is 1.57. The number of nitrogens with zero attached hydrogens (tertiary/aromatic N) is 6. The quantitative estimate of drug-likeness (QED) is 0.803. The van der Waals surface area contributed by atoms with Gasteiger partial charge in [0.15, 0.2) is 0 Å². The number of halogens is 1. The highest BCUT2D eigenvalue weighted by Crippen LogP contribution is 2.25. The van der Waals surface area contributed by atoms with Gasteiger partial charge >= 0.3 is 0 Å². The van der Waals surface area contributed by atoms with Gasteiger partial charge in [0.25, 0.3) is 0 Å². The van der Waals surface area contributed by atoms with Crippen molar-refractivity contribution in [2.45, 2.75) is 25.2 Å². The molecule has 0 N–H and O–H groups in total. The van der Waals surface area contributed by atoms with Crippen molar-refractivity contribution in [3.8, 4) is 0 Å². The van der Waals surface area contributed by atoms with Crippen LogP contribution in [0.25, 0.3) is 0 Å². The number of anilines is 1. The molecule has 0 bridgehead atoms. The number of imidazole rings is 1. The summed E-state index contributed by atoms with van der Waals surface area (Å²) in [6.07, 6.45) is 8.53. The Labute approximate surface area is 129 Å². The minimum absolute atomic E-state index is 0.151. The Morgan fingerprint density at radius 2 is 2.27 bits per heavy atom. The fraction of sp³-hybridized carbons (Fsp3) is 0.533. The van der Waals surface area contributed by atoms with Crippen molar-refractivity contribution >= 4 is 5.82 Å². The van der Waals surface area contributed by atoms with Gasteiger partial charge in [-0.15, -0.1) is 0 Å². The van der Waals surface area contributed by atoms with Crippen molar-refractivity contribution in [1.82, 2.24) is 24.4 Å². The van der Waals surface area contributed by atoms with Crippen LogP contribution in [0.4, 0.5) is 10.2 Å². The van der Waals surface area contributed by atoms with Crippen LogP contribution in [0.1, 0.15) is 6.42 Å². The molecule has 1 aliphatic heterocycles. The lowest BCUT2D eigenvalue weighted by molar-refractivity contribution is 0.286. The third-order valence-corrected chi connectivity index (χ3v) is 4.05. The first-order chi connectivity index (χ1) is 10.7. The molecule has 2 aromatic heterocycles. The van der Waals surface area contributed by atoms with Crippen molar-refractivity contribution in [3.05, 3.63) is 37.3 Å². The normalized spacial score (nSPS) is 21.7.